The van der Waals surface area contributed by atoms with Gasteiger partial charge >= 0.3 is 0 Å². The zero-order chi connectivity index (χ0) is 18.7. The van der Waals surface area contributed by atoms with Crippen molar-refractivity contribution in [1.29, 1.82) is 0 Å². The number of fused-ring (bicyclic) bond motifs is 4. The summed E-state index contributed by atoms with van der Waals surface area (Å²) in [5.41, 5.74) is 7.00. The third-order valence-corrected chi connectivity index (χ3v) is 5.79. The largest absolute Gasteiger partial charge is 0.458 e. The van der Waals surface area contributed by atoms with E-state index >= 15 is 0 Å². The molecule has 2 aliphatic rings. The average Bonchev–Trinajstić information content (AvgIpc) is 2.74. The third kappa shape index (κ3) is 2.17. The molecule has 2 aliphatic heterocycles. The summed E-state index contributed by atoms with van der Waals surface area (Å²) in [4.78, 5) is 2.29. The Labute approximate surface area is 169 Å². The Kier molecular flexibility index (Phi) is 3.35. The summed E-state index contributed by atoms with van der Waals surface area (Å²) < 4.78 is 6.29. The maximum atomic E-state index is 6.53. The van der Waals surface area contributed by atoms with E-state index in [1.165, 1.54) is 22.1 Å². The number of para-hydroxylation sites is 3. The summed E-state index contributed by atoms with van der Waals surface area (Å²) in [6.45, 7) is 0.128. The van der Waals surface area contributed by atoms with Crippen molar-refractivity contribution in [3.8, 4) is 11.5 Å². The normalized spacial score (nSPS) is 13.3. The van der Waals surface area contributed by atoms with Gasteiger partial charge < -0.3 is 9.64 Å². The first kappa shape index (κ1) is 15.9. The fraction of sp³-hybridized carbons (Fsp3) is 0. The van der Waals surface area contributed by atoms with Gasteiger partial charge in [-0.2, -0.15) is 0 Å². The first-order valence-electron chi connectivity index (χ1n) is 9.35. The van der Waals surface area contributed by atoms with E-state index in [0.717, 1.165) is 22.9 Å². The number of hydrogen-bond donors (Lipinski definition) is 0. The fourth-order valence-corrected chi connectivity index (χ4v) is 4.67. The Balaban J connectivity index is 1.72. The standard InChI is InChI=1S/C24H15BClNO/c26-16-14-21-24-23(15-16)28-22-13-7-5-11-19(22)25(24)18-10-4-6-12-20(18)27(21)17-8-2-1-3-9-17/h1-15H. The molecule has 132 valence electrons. The molecule has 0 atom stereocenters. The van der Waals surface area contributed by atoms with Gasteiger partial charge in [-0.1, -0.05) is 66.2 Å². The number of ether oxygens (including phenoxy) is 1. The van der Waals surface area contributed by atoms with Gasteiger partial charge in [-0.25, -0.2) is 0 Å². The smallest absolute Gasteiger partial charge is 0.256 e. The molecular formula is C24H15BClNO. The molecule has 4 aromatic carbocycles. The van der Waals surface area contributed by atoms with E-state index in [0.29, 0.717) is 5.02 Å². The molecule has 0 saturated heterocycles. The molecule has 0 bridgehead atoms. The highest BCUT2D eigenvalue weighted by molar-refractivity contribution is 6.99. The molecule has 0 aliphatic carbocycles. The molecule has 4 heteroatoms. The van der Waals surface area contributed by atoms with E-state index in [9.17, 15) is 0 Å². The molecule has 0 N–H and O–H groups in total. The highest BCUT2D eigenvalue weighted by Crippen LogP contribution is 2.41. The van der Waals surface area contributed by atoms with Crippen LogP contribution >= 0.6 is 11.6 Å². The van der Waals surface area contributed by atoms with Crippen LogP contribution in [0.4, 0.5) is 17.1 Å². The fourth-order valence-electron chi connectivity index (χ4n) is 4.47. The van der Waals surface area contributed by atoms with Crippen molar-refractivity contribution < 1.29 is 4.74 Å². The zero-order valence-electron chi connectivity index (χ0n) is 15.0. The van der Waals surface area contributed by atoms with Crippen LogP contribution in [0.15, 0.2) is 91.0 Å². The number of benzene rings is 4. The van der Waals surface area contributed by atoms with Crippen molar-refractivity contribution in [3.63, 3.8) is 0 Å². The topological polar surface area (TPSA) is 12.5 Å². The molecule has 0 fully saturated rings. The van der Waals surface area contributed by atoms with E-state index in [1.807, 2.05) is 30.3 Å². The van der Waals surface area contributed by atoms with E-state index < -0.39 is 0 Å². The average molecular weight is 380 g/mol. The Morgan fingerprint density at radius 3 is 2.25 bits per heavy atom. The maximum Gasteiger partial charge on any atom is 0.256 e. The summed E-state index contributed by atoms with van der Waals surface area (Å²) >= 11 is 6.53. The van der Waals surface area contributed by atoms with Gasteiger partial charge in [0, 0.05) is 22.1 Å². The van der Waals surface area contributed by atoms with Crippen LogP contribution in [0.3, 0.4) is 0 Å². The first-order valence-corrected chi connectivity index (χ1v) is 9.73. The van der Waals surface area contributed by atoms with Gasteiger partial charge in [0.05, 0.1) is 0 Å². The van der Waals surface area contributed by atoms with Gasteiger partial charge in [0.25, 0.3) is 6.71 Å². The van der Waals surface area contributed by atoms with Crippen LogP contribution in [0.25, 0.3) is 0 Å². The molecule has 0 unspecified atom stereocenters. The second-order valence-electron chi connectivity index (χ2n) is 7.14. The summed E-state index contributed by atoms with van der Waals surface area (Å²) in [6, 6.07) is 31.3. The van der Waals surface area contributed by atoms with Crippen molar-refractivity contribution in [2.45, 2.75) is 0 Å². The van der Waals surface area contributed by atoms with Gasteiger partial charge in [-0.15, -0.1) is 0 Å². The maximum absolute atomic E-state index is 6.53. The highest BCUT2D eigenvalue weighted by Gasteiger charge is 2.41. The van der Waals surface area contributed by atoms with Crippen molar-refractivity contribution in [3.05, 3.63) is 96.0 Å². The van der Waals surface area contributed by atoms with Crippen LogP contribution in [0.1, 0.15) is 0 Å². The first-order chi connectivity index (χ1) is 13.8. The minimum Gasteiger partial charge on any atom is -0.458 e. The van der Waals surface area contributed by atoms with Crippen LogP contribution in [0, 0.1) is 0 Å². The summed E-state index contributed by atoms with van der Waals surface area (Å²) in [6.07, 6.45) is 0. The lowest BCUT2D eigenvalue weighted by atomic mass is 9.34. The van der Waals surface area contributed by atoms with Crippen LogP contribution in [0.5, 0.6) is 11.5 Å². The number of anilines is 3. The van der Waals surface area contributed by atoms with E-state index in [4.69, 9.17) is 16.3 Å². The second kappa shape index (κ2) is 5.92. The molecule has 2 heterocycles. The van der Waals surface area contributed by atoms with Crippen LogP contribution < -0.4 is 26.0 Å². The van der Waals surface area contributed by atoms with Gasteiger partial charge in [-0.05, 0) is 52.8 Å². The quantitative estimate of drug-likeness (QED) is 0.382. The SMILES string of the molecule is Clc1cc2c3c(c1)N(c1ccccc1)c1ccccc1B3c1ccccc1O2. The molecule has 0 radical (unpaired) electrons. The Bertz CT molecular complexity index is 1220. The Morgan fingerprint density at radius 2 is 1.39 bits per heavy atom. The monoisotopic (exact) mass is 379 g/mol. The third-order valence-electron chi connectivity index (χ3n) is 5.57. The molecule has 0 spiro atoms. The van der Waals surface area contributed by atoms with E-state index in [1.54, 1.807) is 0 Å². The van der Waals surface area contributed by atoms with E-state index in [2.05, 4.69) is 65.6 Å². The molecule has 2 nitrogen and oxygen atoms in total. The number of nitrogens with zero attached hydrogens (tertiary/aromatic N) is 1. The minimum atomic E-state index is 0.128. The molecule has 4 aromatic rings. The lowest BCUT2D eigenvalue weighted by molar-refractivity contribution is 0.487. The predicted octanol–water partition coefficient (Wildman–Crippen LogP) is 4.75. The molecule has 28 heavy (non-hydrogen) atoms. The van der Waals surface area contributed by atoms with Crippen LogP contribution in [0.2, 0.25) is 5.02 Å². The lowest BCUT2D eigenvalue weighted by Crippen LogP contribution is -2.59. The molecule has 0 aromatic heterocycles. The van der Waals surface area contributed by atoms with Crippen LogP contribution in [-0.4, -0.2) is 6.71 Å². The molecular weight excluding hydrogens is 365 g/mol. The van der Waals surface area contributed by atoms with Gasteiger partial charge in [0.2, 0.25) is 0 Å². The zero-order valence-corrected chi connectivity index (χ0v) is 15.7. The Hall–Kier alpha value is -3.17. The second-order valence-corrected chi connectivity index (χ2v) is 7.58. The lowest BCUT2D eigenvalue weighted by Gasteiger charge is -2.40. The molecule has 0 saturated carbocycles. The Morgan fingerprint density at radius 1 is 0.679 bits per heavy atom. The number of hydrogen-bond acceptors (Lipinski definition) is 2. The molecule has 6 rings (SSSR count). The van der Waals surface area contributed by atoms with Gasteiger partial charge in [0.1, 0.15) is 11.5 Å². The minimum absolute atomic E-state index is 0.128. The van der Waals surface area contributed by atoms with E-state index in [-0.39, 0.29) is 6.71 Å². The van der Waals surface area contributed by atoms with Crippen molar-refractivity contribution in [1.82, 2.24) is 0 Å². The summed E-state index contributed by atoms with van der Waals surface area (Å²) in [5.74, 6) is 1.73. The van der Waals surface area contributed by atoms with Crippen LogP contribution in [-0.2, 0) is 0 Å². The number of rotatable bonds is 1. The summed E-state index contributed by atoms with van der Waals surface area (Å²) in [5, 5.41) is 0.673. The number of halogens is 1. The van der Waals surface area contributed by atoms with Crippen molar-refractivity contribution >= 4 is 51.8 Å². The summed E-state index contributed by atoms with van der Waals surface area (Å²) in [7, 11) is 0. The van der Waals surface area contributed by atoms with Crippen molar-refractivity contribution in [2.24, 2.45) is 0 Å². The van der Waals surface area contributed by atoms with Crippen molar-refractivity contribution in [2.75, 3.05) is 4.90 Å². The van der Waals surface area contributed by atoms with Gasteiger partial charge in [0.15, 0.2) is 0 Å². The molecule has 0 amide bonds. The highest BCUT2D eigenvalue weighted by atomic mass is 35.5. The predicted molar refractivity (Wildman–Crippen MR) is 117 cm³/mol. The van der Waals surface area contributed by atoms with Gasteiger partial charge in [-0.3, -0.25) is 0 Å².